The van der Waals surface area contributed by atoms with Crippen LogP contribution in [0.1, 0.15) is 12.8 Å². The number of imide groups is 1. The summed E-state index contributed by atoms with van der Waals surface area (Å²) in [5, 5.41) is 0.141. The molecule has 0 aromatic heterocycles. The first kappa shape index (κ1) is 7.64. The molecular formula is C5H4FNO4. The smallest absolute Gasteiger partial charge is 0.301 e. The zero-order valence-corrected chi connectivity index (χ0v) is 5.37. The fourth-order valence-corrected chi connectivity index (χ4v) is 0.730. The number of carbonyl (C=O) groups excluding carboxylic acids is 3. The Morgan fingerprint density at radius 1 is 1.36 bits per heavy atom. The first-order valence-corrected chi connectivity index (χ1v) is 2.84. The van der Waals surface area contributed by atoms with Gasteiger partial charge in [0.25, 0.3) is 11.8 Å². The number of hydroxylamine groups is 2. The molecule has 1 rings (SSSR count). The van der Waals surface area contributed by atoms with Gasteiger partial charge in [-0.15, -0.1) is 9.45 Å². The van der Waals surface area contributed by atoms with Crippen LogP contribution in [0.5, 0.6) is 0 Å². The molecule has 0 saturated carbocycles. The van der Waals surface area contributed by atoms with E-state index < -0.39 is 18.0 Å². The molecule has 0 radical (unpaired) electrons. The summed E-state index contributed by atoms with van der Waals surface area (Å²) in [5.74, 6) is -1.39. The van der Waals surface area contributed by atoms with E-state index in [1.54, 1.807) is 0 Å². The van der Waals surface area contributed by atoms with Crippen molar-refractivity contribution >= 4 is 18.0 Å². The highest BCUT2D eigenvalue weighted by molar-refractivity contribution is 6.01. The van der Waals surface area contributed by atoms with E-state index in [4.69, 9.17) is 0 Å². The predicted octanol–water partition coefficient (Wildman–Crippen LogP) is 0.156. The summed E-state index contributed by atoms with van der Waals surface area (Å²) in [7, 11) is 0. The van der Waals surface area contributed by atoms with Crippen molar-refractivity contribution in [1.82, 2.24) is 5.06 Å². The van der Waals surface area contributed by atoms with Crippen molar-refractivity contribution in [3.8, 4) is 0 Å². The molecule has 0 bridgehead atoms. The summed E-state index contributed by atoms with van der Waals surface area (Å²) in [6, 6.07) is 0. The summed E-state index contributed by atoms with van der Waals surface area (Å²) in [5.41, 5.74) is 0. The van der Waals surface area contributed by atoms with Crippen LogP contribution in [-0.4, -0.2) is 23.1 Å². The van der Waals surface area contributed by atoms with E-state index in [-0.39, 0.29) is 17.9 Å². The Balaban J connectivity index is 2.62. The van der Waals surface area contributed by atoms with Crippen molar-refractivity contribution < 1.29 is 23.6 Å². The van der Waals surface area contributed by atoms with Gasteiger partial charge in [0.15, 0.2) is 0 Å². The lowest BCUT2D eigenvalue weighted by Gasteiger charge is -2.07. The molecule has 60 valence electrons. The van der Waals surface area contributed by atoms with Crippen LogP contribution in [-0.2, 0) is 14.4 Å². The Bertz CT molecular complexity index is 211. The van der Waals surface area contributed by atoms with E-state index in [0.717, 1.165) is 0 Å². The predicted molar refractivity (Wildman–Crippen MR) is 28.7 cm³/mol. The van der Waals surface area contributed by atoms with E-state index in [1.165, 1.54) is 0 Å². The molecule has 11 heavy (non-hydrogen) atoms. The highest BCUT2D eigenvalue weighted by atomic mass is 19.1. The van der Waals surface area contributed by atoms with Crippen molar-refractivity contribution in [2.24, 2.45) is 0 Å². The number of amides is 2. The van der Waals surface area contributed by atoms with Crippen molar-refractivity contribution in [3.05, 3.63) is 0 Å². The Labute approximate surface area is 60.7 Å². The second-order valence-corrected chi connectivity index (χ2v) is 1.91. The zero-order valence-electron chi connectivity index (χ0n) is 5.37. The Hall–Kier alpha value is -1.46. The fourth-order valence-electron chi connectivity index (χ4n) is 0.730. The Morgan fingerprint density at radius 2 is 1.82 bits per heavy atom. The topological polar surface area (TPSA) is 63.7 Å². The van der Waals surface area contributed by atoms with Gasteiger partial charge in [0.2, 0.25) is 0 Å². The first-order chi connectivity index (χ1) is 5.11. The number of hydrogen-bond donors (Lipinski definition) is 0. The lowest BCUT2D eigenvalue weighted by molar-refractivity contribution is -0.173. The van der Waals surface area contributed by atoms with Gasteiger partial charge in [-0.25, -0.2) is 4.79 Å². The summed E-state index contributed by atoms with van der Waals surface area (Å²) < 4.78 is 11.5. The Kier molecular flexibility index (Phi) is 1.84. The van der Waals surface area contributed by atoms with Crippen LogP contribution in [0.15, 0.2) is 0 Å². The minimum absolute atomic E-state index is 0.0356. The van der Waals surface area contributed by atoms with Gasteiger partial charge in [0.05, 0.1) is 0 Å². The summed E-state index contributed by atoms with van der Waals surface area (Å²) in [6.45, 7) is 0. The van der Waals surface area contributed by atoms with Crippen LogP contribution >= 0.6 is 0 Å². The largest absolute Gasteiger partial charge is 0.520 e. The quantitative estimate of drug-likeness (QED) is 0.405. The molecule has 1 aliphatic rings. The number of nitrogens with zero attached hydrogens (tertiary/aromatic N) is 1. The fraction of sp³-hybridized carbons (Fsp3) is 0.400. The highest BCUT2D eigenvalue weighted by Gasteiger charge is 2.32. The van der Waals surface area contributed by atoms with Gasteiger partial charge in [-0.3, -0.25) is 9.59 Å². The van der Waals surface area contributed by atoms with Crippen molar-refractivity contribution in [3.63, 3.8) is 0 Å². The monoisotopic (exact) mass is 161 g/mol. The lowest BCUT2D eigenvalue weighted by Crippen LogP contribution is -2.30. The van der Waals surface area contributed by atoms with Gasteiger partial charge >= 0.3 is 6.22 Å². The van der Waals surface area contributed by atoms with E-state index in [9.17, 15) is 18.8 Å². The van der Waals surface area contributed by atoms with Crippen LogP contribution < -0.4 is 0 Å². The maximum Gasteiger partial charge on any atom is 0.520 e. The van der Waals surface area contributed by atoms with Crippen LogP contribution in [0, 0.1) is 0 Å². The molecule has 0 N–H and O–H groups in total. The first-order valence-electron chi connectivity index (χ1n) is 2.84. The summed E-state index contributed by atoms with van der Waals surface area (Å²) >= 11 is 0. The second kappa shape index (κ2) is 2.65. The third-order valence-corrected chi connectivity index (χ3v) is 1.17. The lowest BCUT2D eigenvalue weighted by atomic mass is 10.4. The van der Waals surface area contributed by atoms with E-state index in [0.29, 0.717) is 0 Å². The van der Waals surface area contributed by atoms with Crippen LogP contribution in [0.25, 0.3) is 0 Å². The van der Waals surface area contributed by atoms with E-state index >= 15 is 0 Å². The molecule has 0 aromatic carbocycles. The molecule has 0 atom stereocenters. The van der Waals surface area contributed by atoms with Gasteiger partial charge in [-0.05, 0) is 0 Å². The van der Waals surface area contributed by atoms with Crippen molar-refractivity contribution in [2.75, 3.05) is 0 Å². The minimum atomic E-state index is -2.16. The standard InChI is InChI=1S/C5H4FNO4/c6-5(10)11-7-3(8)1-2-4(7)9/h1-2H2. The van der Waals surface area contributed by atoms with Crippen LogP contribution in [0.3, 0.4) is 0 Å². The van der Waals surface area contributed by atoms with E-state index in [1.807, 2.05) is 0 Å². The molecule has 0 spiro atoms. The number of halogens is 1. The SMILES string of the molecule is O=C(F)ON1C(=O)CCC1=O. The average Bonchev–Trinajstić information content (AvgIpc) is 2.18. The van der Waals surface area contributed by atoms with Crippen molar-refractivity contribution in [2.45, 2.75) is 12.8 Å². The normalized spacial score (nSPS) is 17.4. The van der Waals surface area contributed by atoms with Gasteiger partial charge < -0.3 is 4.84 Å². The molecule has 6 heteroatoms. The average molecular weight is 161 g/mol. The third kappa shape index (κ3) is 1.51. The van der Waals surface area contributed by atoms with E-state index in [2.05, 4.69) is 4.84 Å². The van der Waals surface area contributed by atoms with Crippen molar-refractivity contribution in [1.29, 1.82) is 0 Å². The number of rotatable bonds is 1. The van der Waals surface area contributed by atoms with Gasteiger partial charge in [-0.2, -0.15) is 0 Å². The molecule has 1 saturated heterocycles. The zero-order chi connectivity index (χ0) is 8.43. The molecule has 0 aliphatic carbocycles. The molecule has 1 fully saturated rings. The minimum Gasteiger partial charge on any atom is -0.301 e. The molecule has 5 nitrogen and oxygen atoms in total. The highest BCUT2D eigenvalue weighted by Crippen LogP contribution is 2.12. The van der Waals surface area contributed by atoms with Gasteiger partial charge in [-0.1, -0.05) is 0 Å². The maximum absolute atomic E-state index is 11.5. The maximum atomic E-state index is 11.5. The number of carbonyl (C=O) groups is 3. The summed E-state index contributed by atoms with van der Waals surface area (Å²) in [6.07, 6.45) is -2.23. The van der Waals surface area contributed by atoms with Gasteiger partial charge in [0.1, 0.15) is 0 Å². The van der Waals surface area contributed by atoms with Crippen LogP contribution in [0.4, 0.5) is 9.18 Å². The van der Waals surface area contributed by atoms with Crippen LogP contribution in [0.2, 0.25) is 0 Å². The number of hydrogen-bond acceptors (Lipinski definition) is 4. The second-order valence-electron chi connectivity index (χ2n) is 1.91. The Morgan fingerprint density at radius 3 is 2.18 bits per heavy atom. The molecular weight excluding hydrogens is 157 g/mol. The summed E-state index contributed by atoms with van der Waals surface area (Å²) in [4.78, 5) is 34.5. The molecule has 1 aliphatic heterocycles. The molecule has 1 heterocycles. The third-order valence-electron chi connectivity index (χ3n) is 1.17. The molecule has 2 amide bonds. The molecule has 0 aromatic rings. The molecule has 0 unspecified atom stereocenters. The van der Waals surface area contributed by atoms with Gasteiger partial charge in [0, 0.05) is 12.8 Å².